The fourth-order valence-electron chi connectivity index (χ4n) is 1.000. The minimum absolute atomic E-state index is 0.111. The second-order valence-electron chi connectivity index (χ2n) is 3.19. The van der Waals surface area contributed by atoms with E-state index in [1.165, 1.54) is 0 Å². The Hall–Kier alpha value is -0.130. The maximum absolute atomic E-state index is 11.2. The zero-order valence-electron chi connectivity index (χ0n) is 7.58. The molecule has 4 nitrogen and oxygen atoms in total. The molecule has 0 radical (unpaired) electrons. The topological polar surface area (TPSA) is 50.7 Å². The molecule has 0 aromatic carbocycles. The van der Waals surface area contributed by atoms with Gasteiger partial charge in [-0.3, -0.25) is 4.21 Å². The number of morpholine rings is 1. The number of nitrogens with one attached hydrogen (secondary N) is 1. The first-order valence-corrected chi connectivity index (χ1v) is 6.36. The third-order valence-electron chi connectivity index (χ3n) is 1.59. The van der Waals surface area contributed by atoms with E-state index in [1.54, 1.807) is 12.5 Å². The first-order chi connectivity index (χ1) is 5.58. The first-order valence-electron chi connectivity index (χ1n) is 4.03. The van der Waals surface area contributed by atoms with Crippen LogP contribution in [0.3, 0.4) is 0 Å². The molecule has 0 saturated carbocycles. The zero-order valence-corrected chi connectivity index (χ0v) is 8.39. The maximum atomic E-state index is 11.2. The highest BCUT2D eigenvalue weighted by molar-refractivity contribution is 7.92. The molecule has 72 valence electrons. The van der Waals surface area contributed by atoms with Gasteiger partial charge in [0, 0.05) is 35.3 Å². The second kappa shape index (κ2) is 4.20. The van der Waals surface area contributed by atoms with Crippen LogP contribution in [-0.2, 0) is 14.5 Å². The first kappa shape index (κ1) is 9.95. The summed E-state index contributed by atoms with van der Waals surface area (Å²) in [7, 11) is -1.96. The van der Waals surface area contributed by atoms with Gasteiger partial charge in [0.05, 0.1) is 19.3 Å². The highest BCUT2D eigenvalue weighted by Crippen LogP contribution is 1.97. The van der Waals surface area contributed by atoms with E-state index in [-0.39, 0.29) is 6.10 Å². The lowest BCUT2D eigenvalue weighted by Crippen LogP contribution is -2.40. The Morgan fingerprint density at radius 2 is 2.42 bits per heavy atom. The summed E-state index contributed by atoms with van der Waals surface area (Å²) < 4.78 is 20.6. The van der Waals surface area contributed by atoms with Gasteiger partial charge in [0.2, 0.25) is 0 Å². The van der Waals surface area contributed by atoms with Crippen LogP contribution in [0.25, 0.3) is 0 Å². The lowest BCUT2D eigenvalue weighted by Gasteiger charge is -2.21. The fraction of sp³-hybridized carbons (Fsp3) is 1.00. The van der Waals surface area contributed by atoms with Gasteiger partial charge in [0.15, 0.2) is 0 Å². The molecule has 1 rings (SSSR count). The van der Waals surface area contributed by atoms with Gasteiger partial charge in [0.1, 0.15) is 0 Å². The molecule has 1 unspecified atom stereocenters. The van der Waals surface area contributed by atoms with Crippen LogP contribution in [0.15, 0.2) is 4.36 Å². The van der Waals surface area contributed by atoms with Crippen molar-refractivity contribution in [2.24, 2.45) is 4.36 Å². The molecule has 5 heteroatoms. The van der Waals surface area contributed by atoms with E-state index >= 15 is 0 Å². The molecule has 0 amide bonds. The largest absolute Gasteiger partial charge is 0.374 e. The van der Waals surface area contributed by atoms with Gasteiger partial charge in [0.25, 0.3) is 0 Å². The molecule has 0 aromatic rings. The Labute approximate surface area is 73.9 Å². The third-order valence-corrected chi connectivity index (χ3v) is 2.36. The van der Waals surface area contributed by atoms with Crippen LogP contribution in [0.5, 0.6) is 0 Å². The van der Waals surface area contributed by atoms with Crippen molar-refractivity contribution in [2.75, 3.05) is 38.8 Å². The summed E-state index contributed by atoms with van der Waals surface area (Å²) in [5.41, 5.74) is 0. The van der Waals surface area contributed by atoms with Gasteiger partial charge in [-0.15, -0.1) is 0 Å². The van der Waals surface area contributed by atoms with Crippen LogP contribution in [0.1, 0.15) is 0 Å². The summed E-state index contributed by atoms with van der Waals surface area (Å²) in [5, 5.41) is 3.19. The normalized spacial score (nSPS) is 25.3. The van der Waals surface area contributed by atoms with Crippen molar-refractivity contribution in [3.8, 4) is 0 Å². The van der Waals surface area contributed by atoms with E-state index in [0.29, 0.717) is 6.54 Å². The molecule has 0 aromatic heterocycles. The molecule has 1 saturated heterocycles. The van der Waals surface area contributed by atoms with Gasteiger partial charge in [-0.05, 0) is 0 Å². The highest BCUT2D eigenvalue weighted by atomic mass is 32.2. The van der Waals surface area contributed by atoms with Gasteiger partial charge in [-0.25, -0.2) is 4.36 Å². The number of hydrogen-bond donors (Lipinski definition) is 1. The van der Waals surface area contributed by atoms with Crippen molar-refractivity contribution < 1.29 is 8.95 Å². The monoisotopic (exact) mass is 192 g/mol. The van der Waals surface area contributed by atoms with E-state index in [0.717, 1.165) is 19.7 Å². The van der Waals surface area contributed by atoms with Gasteiger partial charge in [-0.1, -0.05) is 0 Å². The van der Waals surface area contributed by atoms with Crippen LogP contribution in [0, 0.1) is 0 Å². The SMILES string of the molecule is CS(C)(=O)=NCC1CNCCO1. The molecule has 1 N–H and O–H groups in total. The van der Waals surface area contributed by atoms with Crippen molar-refractivity contribution in [3.63, 3.8) is 0 Å². The van der Waals surface area contributed by atoms with Crippen molar-refractivity contribution in [1.82, 2.24) is 5.32 Å². The summed E-state index contributed by atoms with van der Waals surface area (Å²) in [5.74, 6) is 0. The van der Waals surface area contributed by atoms with Gasteiger partial charge < -0.3 is 10.1 Å². The summed E-state index contributed by atoms with van der Waals surface area (Å²) in [6.45, 7) is 3.00. The molecule has 1 heterocycles. The number of nitrogens with zero attached hydrogens (tertiary/aromatic N) is 1. The molecule has 0 bridgehead atoms. The van der Waals surface area contributed by atoms with Crippen LogP contribution >= 0.6 is 0 Å². The van der Waals surface area contributed by atoms with Crippen LogP contribution in [0.4, 0.5) is 0 Å². The molecule has 1 atom stereocenters. The zero-order chi connectivity index (χ0) is 9.03. The van der Waals surface area contributed by atoms with Crippen molar-refractivity contribution in [2.45, 2.75) is 6.10 Å². The molecular weight excluding hydrogens is 176 g/mol. The Morgan fingerprint density at radius 1 is 1.67 bits per heavy atom. The summed E-state index contributed by atoms with van der Waals surface area (Å²) in [6, 6.07) is 0. The Kier molecular flexibility index (Phi) is 3.49. The second-order valence-corrected chi connectivity index (χ2v) is 5.81. The lowest BCUT2D eigenvalue weighted by molar-refractivity contribution is 0.0352. The van der Waals surface area contributed by atoms with Gasteiger partial charge >= 0.3 is 0 Å². The van der Waals surface area contributed by atoms with Gasteiger partial charge in [-0.2, -0.15) is 0 Å². The van der Waals surface area contributed by atoms with E-state index in [4.69, 9.17) is 4.74 Å². The standard InChI is InChI=1S/C7H16N2O2S/c1-12(2,10)9-6-7-5-8-3-4-11-7/h7-8H,3-6H2,1-2H3. The van der Waals surface area contributed by atoms with Crippen LogP contribution < -0.4 is 5.32 Å². The minimum Gasteiger partial charge on any atom is -0.374 e. The molecular formula is C7H16N2O2S. The third kappa shape index (κ3) is 4.04. The minimum atomic E-state index is -1.96. The quantitative estimate of drug-likeness (QED) is 0.653. The van der Waals surface area contributed by atoms with E-state index in [9.17, 15) is 4.21 Å². The highest BCUT2D eigenvalue weighted by Gasteiger charge is 2.12. The number of ether oxygens (including phenoxy) is 1. The number of hydrogen-bond acceptors (Lipinski definition) is 4. The molecule has 12 heavy (non-hydrogen) atoms. The summed E-state index contributed by atoms with van der Waals surface area (Å²) in [6.07, 6.45) is 3.39. The summed E-state index contributed by atoms with van der Waals surface area (Å²) >= 11 is 0. The van der Waals surface area contributed by atoms with Crippen molar-refractivity contribution in [1.29, 1.82) is 0 Å². The molecule has 1 aliphatic heterocycles. The molecule has 1 fully saturated rings. The van der Waals surface area contributed by atoms with E-state index in [2.05, 4.69) is 9.68 Å². The maximum Gasteiger partial charge on any atom is 0.0902 e. The van der Waals surface area contributed by atoms with Crippen molar-refractivity contribution >= 4 is 9.73 Å². The van der Waals surface area contributed by atoms with Crippen LogP contribution in [-0.4, -0.2) is 49.1 Å². The van der Waals surface area contributed by atoms with Crippen molar-refractivity contribution in [3.05, 3.63) is 0 Å². The Bertz CT molecular complexity index is 232. The smallest absolute Gasteiger partial charge is 0.0902 e. The molecule has 0 aliphatic carbocycles. The van der Waals surface area contributed by atoms with E-state index in [1.807, 2.05) is 0 Å². The lowest BCUT2D eigenvalue weighted by atomic mass is 10.3. The Balaban J connectivity index is 2.36. The van der Waals surface area contributed by atoms with E-state index < -0.39 is 9.73 Å². The molecule has 1 aliphatic rings. The molecule has 0 spiro atoms. The fourth-order valence-corrected chi connectivity index (χ4v) is 1.52. The predicted molar refractivity (Wildman–Crippen MR) is 49.9 cm³/mol. The summed E-state index contributed by atoms with van der Waals surface area (Å²) in [4.78, 5) is 0. The average Bonchev–Trinajstić information content (AvgIpc) is 2.02. The van der Waals surface area contributed by atoms with Crippen LogP contribution in [0.2, 0.25) is 0 Å². The Morgan fingerprint density at radius 3 is 2.92 bits per heavy atom. The number of rotatable bonds is 2. The average molecular weight is 192 g/mol. The predicted octanol–water partition coefficient (Wildman–Crippen LogP) is -0.298.